The molecular formula is C12H28IN3O. The zero-order chi connectivity index (χ0) is 12.2. The van der Waals surface area contributed by atoms with E-state index in [2.05, 4.69) is 29.5 Å². The lowest BCUT2D eigenvalue weighted by Crippen LogP contribution is -2.39. The van der Waals surface area contributed by atoms with Crippen molar-refractivity contribution in [3.05, 3.63) is 0 Å². The maximum atomic E-state index is 4.96. The molecule has 0 aliphatic carbocycles. The van der Waals surface area contributed by atoms with Crippen molar-refractivity contribution in [3.8, 4) is 0 Å². The Morgan fingerprint density at radius 2 is 1.82 bits per heavy atom. The van der Waals surface area contributed by atoms with Crippen LogP contribution in [-0.4, -0.2) is 39.8 Å². The number of halogens is 1. The molecule has 0 bridgehead atoms. The predicted molar refractivity (Wildman–Crippen MR) is 85.3 cm³/mol. The van der Waals surface area contributed by atoms with Gasteiger partial charge >= 0.3 is 0 Å². The first-order chi connectivity index (χ1) is 7.70. The Morgan fingerprint density at radius 1 is 1.18 bits per heavy atom. The van der Waals surface area contributed by atoms with Gasteiger partial charge in [-0.3, -0.25) is 4.99 Å². The summed E-state index contributed by atoms with van der Waals surface area (Å²) in [6.07, 6.45) is 3.78. The Hall–Kier alpha value is -0.0400. The smallest absolute Gasteiger partial charge is 0.191 e. The molecule has 0 aromatic rings. The van der Waals surface area contributed by atoms with Crippen molar-refractivity contribution in [1.82, 2.24) is 10.6 Å². The minimum Gasteiger partial charge on any atom is -0.383 e. The number of methoxy groups -OCH3 is 1. The summed E-state index contributed by atoms with van der Waals surface area (Å²) in [7, 11) is 3.49. The number of hydrogen-bond acceptors (Lipinski definition) is 2. The fraction of sp³-hybridized carbons (Fsp3) is 0.917. The van der Waals surface area contributed by atoms with Crippen LogP contribution in [0.5, 0.6) is 0 Å². The van der Waals surface area contributed by atoms with E-state index in [1.807, 2.05) is 0 Å². The zero-order valence-corrected chi connectivity index (χ0v) is 13.9. The molecule has 0 aromatic heterocycles. The third kappa shape index (κ3) is 13.9. The third-order valence-corrected chi connectivity index (χ3v) is 2.32. The number of rotatable bonds is 8. The topological polar surface area (TPSA) is 45.7 Å². The highest BCUT2D eigenvalue weighted by atomic mass is 127. The summed E-state index contributed by atoms with van der Waals surface area (Å²) in [5.41, 5.74) is 0. The fourth-order valence-corrected chi connectivity index (χ4v) is 1.38. The lowest BCUT2D eigenvalue weighted by molar-refractivity contribution is 0.203. The van der Waals surface area contributed by atoms with E-state index in [0.29, 0.717) is 6.61 Å². The van der Waals surface area contributed by atoms with Crippen LogP contribution in [0.3, 0.4) is 0 Å². The fourth-order valence-electron chi connectivity index (χ4n) is 1.38. The molecule has 0 aliphatic rings. The zero-order valence-electron chi connectivity index (χ0n) is 11.6. The van der Waals surface area contributed by atoms with Crippen LogP contribution in [0.15, 0.2) is 4.99 Å². The van der Waals surface area contributed by atoms with Gasteiger partial charge in [0, 0.05) is 27.2 Å². The number of hydrogen-bond donors (Lipinski definition) is 2. The molecule has 0 aliphatic heterocycles. The van der Waals surface area contributed by atoms with Gasteiger partial charge in [0.05, 0.1) is 6.61 Å². The molecule has 2 N–H and O–H groups in total. The van der Waals surface area contributed by atoms with Crippen LogP contribution >= 0.6 is 24.0 Å². The summed E-state index contributed by atoms with van der Waals surface area (Å²) >= 11 is 0. The molecule has 0 spiro atoms. The summed E-state index contributed by atoms with van der Waals surface area (Å²) in [5, 5.41) is 6.47. The molecule has 0 rings (SSSR count). The molecule has 0 amide bonds. The predicted octanol–water partition coefficient (Wildman–Crippen LogP) is 2.24. The normalized spacial score (nSPS) is 11.2. The second-order valence-corrected chi connectivity index (χ2v) is 4.31. The molecule has 0 fully saturated rings. The van der Waals surface area contributed by atoms with Crippen LogP contribution in [0.1, 0.15) is 33.1 Å². The molecular weight excluding hydrogens is 329 g/mol. The van der Waals surface area contributed by atoms with Crippen molar-refractivity contribution in [2.45, 2.75) is 33.1 Å². The Labute approximate surface area is 123 Å². The summed E-state index contributed by atoms with van der Waals surface area (Å²) in [6.45, 7) is 7.01. The van der Waals surface area contributed by atoms with E-state index in [0.717, 1.165) is 25.0 Å². The maximum Gasteiger partial charge on any atom is 0.191 e. The molecule has 0 unspecified atom stereocenters. The molecule has 0 atom stereocenters. The number of nitrogens with one attached hydrogen (secondary N) is 2. The van der Waals surface area contributed by atoms with Gasteiger partial charge in [0.25, 0.3) is 0 Å². The summed E-state index contributed by atoms with van der Waals surface area (Å²) in [5.74, 6) is 1.67. The van der Waals surface area contributed by atoms with Gasteiger partial charge in [-0.15, -0.1) is 24.0 Å². The highest BCUT2D eigenvalue weighted by Crippen LogP contribution is 2.04. The second-order valence-electron chi connectivity index (χ2n) is 4.31. The highest BCUT2D eigenvalue weighted by molar-refractivity contribution is 14.0. The van der Waals surface area contributed by atoms with Crippen LogP contribution in [-0.2, 0) is 4.74 Å². The van der Waals surface area contributed by atoms with Crippen LogP contribution in [0.4, 0.5) is 0 Å². The van der Waals surface area contributed by atoms with E-state index >= 15 is 0 Å². The Bertz CT molecular complexity index is 187. The molecule has 104 valence electrons. The largest absolute Gasteiger partial charge is 0.383 e. The minimum absolute atomic E-state index is 0. The highest BCUT2D eigenvalue weighted by Gasteiger charge is 1.97. The van der Waals surface area contributed by atoms with Crippen LogP contribution in [0.25, 0.3) is 0 Å². The molecule has 0 saturated heterocycles. The Morgan fingerprint density at radius 3 is 2.35 bits per heavy atom. The molecule has 5 heteroatoms. The van der Waals surface area contributed by atoms with Gasteiger partial charge in [-0.1, -0.05) is 26.7 Å². The Balaban J connectivity index is 0. The van der Waals surface area contributed by atoms with Gasteiger partial charge in [-0.05, 0) is 12.3 Å². The third-order valence-electron chi connectivity index (χ3n) is 2.32. The van der Waals surface area contributed by atoms with Crippen molar-refractivity contribution in [1.29, 1.82) is 0 Å². The van der Waals surface area contributed by atoms with Crippen molar-refractivity contribution in [2.75, 3.05) is 33.9 Å². The summed E-state index contributed by atoms with van der Waals surface area (Å²) < 4.78 is 4.96. The molecule has 4 nitrogen and oxygen atoms in total. The molecule has 0 aromatic carbocycles. The first kappa shape index (κ1) is 19.3. The van der Waals surface area contributed by atoms with E-state index in [-0.39, 0.29) is 24.0 Å². The number of aliphatic imine (C=N–C) groups is 1. The van der Waals surface area contributed by atoms with Crippen LogP contribution < -0.4 is 10.6 Å². The van der Waals surface area contributed by atoms with Gasteiger partial charge in [0.1, 0.15) is 0 Å². The first-order valence-corrected chi connectivity index (χ1v) is 6.14. The molecule has 0 heterocycles. The minimum atomic E-state index is 0. The average Bonchev–Trinajstić information content (AvgIpc) is 2.26. The van der Waals surface area contributed by atoms with E-state index < -0.39 is 0 Å². The van der Waals surface area contributed by atoms with Gasteiger partial charge in [-0.25, -0.2) is 0 Å². The Kier molecular flexibility index (Phi) is 15.9. The van der Waals surface area contributed by atoms with Gasteiger partial charge < -0.3 is 15.4 Å². The molecule has 17 heavy (non-hydrogen) atoms. The van der Waals surface area contributed by atoms with Gasteiger partial charge in [-0.2, -0.15) is 0 Å². The summed E-state index contributed by atoms with van der Waals surface area (Å²) in [6, 6.07) is 0. The van der Waals surface area contributed by atoms with Gasteiger partial charge in [0.2, 0.25) is 0 Å². The standard InChI is InChI=1S/C12H27N3O.HI/c1-11(2)7-5-6-8-14-12(13-3)15-9-10-16-4;/h11H,5-10H2,1-4H3,(H2,13,14,15);1H. The van der Waals surface area contributed by atoms with E-state index in [1.165, 1.54) is 19.3 Å². The second kappa shape index (κ2) is 14.0. The first-order valence-electron chi connectivity index (χ1n) is 6.14. The molecule has 0 radical (unpaired) electrons. The molecule has 0 saturated carbocycles. The number of guanidine groups is 1. The lowest BCUT2D eigenvalue weighted by atomic mass is 10.1. The average molecular weight is 357 g/mol. The SMILES string of the molecule is CN=C(NCCCCC(C)C)NCCOC.I. The maximum absolute atomic E-state index is 4.96. The monoisotopic (exact) mass is 357 g/mol. The van der Waals surface area contributed by atoms with Crippen molar-refractivity contribution in [2.24, 2.45) is 10.9 Å². The number of ether oxygens (including phenoxy) is 1. The van der Waals surface area contributed by atoms with Crippen LogP contribution in [0, 0.1) is 5.92 Å². The van der Waals surface area contributed by atoms with Gasteiger partial charge in [0.15, 0.2) is 5.96 Å². The lowest BCUT2D eigenvalue weighted by Gasteiger charge is -2.11. The quantitative estimate of drug-likeness (QED) is 0.303. The van der Waals surface area contributed by atoms with E-state index in [4.69, 9.17) is 4.74 Å². The number of nitrogens with zero attached hydrogens (tertiary/aromatic N) is 1. The number of unbranched alkanes of at least 4 members (excludes halogenated alkanes) is 1. The van der Waals surface area contributed by atoms with Crippen molar-refractivity contribution < 1.29 is 4.74 Å². The van der Waals surface area contributed by atoms with Crippen molar-refractivity contribution in [3.63, 3.8) is 0 Å². The van der Waals surface area contributed by atoms with Crippen molar-refractivity contribution >= 4 is 29.9 Å². The van der Waals surface area contributed by atoms with E-state index in [1.54, 1.807) is 14.2 Å². The van der Waals surface area contributed by atoms with Crippen LogP contribution in [0.2, 0.25) is 0 Å². The van der Waals surface area contributed by atoms with E-state index in [9.17, 15) is 0 Å². The summed E-state index contributed by atoms with van der Waals surface area (Å²) in [4.78, 5) is 4.13.